The average Bonchev–Trinajstić information content (AvgIpc) is 2.45. The SMILES string of the molecule is CN(C)CCCN(CCCN(C)C)Cc1ccccc1C(F)(F)F. The van der Waals surface area contributed by atoms with Crippen LogP contribution in [0.5, 0.6) is 0 Å². The van der Waals surface area contributed by atoms with E-state index in [1.807, 2.05) is 28.2 Å². The Balaban J connectivity index is 2.75. The van der Waals surface area contributed by atoms with Gasteiger partial charge in [0.2, 0.25) is 0 Å². The Labute approximate surface area is 144 Å². The van der Waals surface area contributed by atoms with Crippen molar-refractivity contribution in [1.29, 1.82) is 0 Å². The fraction of sp³-hybridized carbons (Fsp3) is 0.667. The summed E-state index contributed by atoms with van der Waals surface area (Å²) in [7, 11) is 8.04. The van der Waals surface area contributed by atoms with Crippen molar-refractivity contribution in [3.05, 3.63) is 35.4 Å². The van der Waals surface area contributed by atoms with Crippen LogP contribution in [0.2, 0.25) is 0 Å². The molecule has 0 saturated heterocycles. The molecule has 0 aliphatic rings. The molecule has 0 N–H and O–H groups in total. The molecular weight excluding hydrogens is 315 g/mol. The largest absolute Gasteiger partial charge is 0.416 e. The molecule has 0 aromatic heterocycles. The van der Waals surface area contributed by atoms with Crippen LogP contribution in [0.4, 0.5) is 13.2 Å². The number of halogens is 3. The molecule has 0 aliphatic heterocycles. The molecule has 138 valence electrons. The van der Waals surface area contributed by atoms with Gasteiger partial charge in [0.1, 0.15) is 0 Å². The lowest BCUT2D eigenvalue weighted by Crippen LogP contribution is -2.30. The van der Waals surface area contributed by atoms with Crippen LogP contribution in [0.15, 0.2) is 24.3 Å². The van der Waals surface area contributed by atoms with Crippen LogP contribution >= 0.6 is 0 Å². The summed E-state index contributed by atoms with van der Waals surface area (Å²) in [6, 6.07) is 5.90. The predicted molar refractivity (Wildman–Crippen MR) is 93.1 cm³/mol. The van der Waals surface area contributed by atoms with E-state index in [9.17, 15) is 13.2 Å². The first-order valence-electron chi connectivity index (χ1n) is 8.37. The van der Waals surface area contributed by atoms with Gasteiger partial charge in [0.25, 0.3) is 0 Å². The van der Waals surface area contributed by atoms with Gasteiger partial charge in [-0.15, -0.1) is 0 Å². The maximum Gasteiger partial charge on any atom is 0.416 e. The van der Waals surface area contributed by atoms with Crippen LogP contribution in [0.1, 0.15) is 24.0 Å². The third-order valence-electron chi connectivity index (χ3n) is 3.88. The molecule has 6 heteroatoms. The first-order valence-corrected chi connectivity index (χ1v) is 8.37. The van der Waals surface area contributed by atoms with Gasteiger partial charge in [-0.2, -0.15) is 13.2 Å². The molecule has 1 aromatic rings. The Bertz CT molecular complexity index is 459. The van der Waals surface area contributed by atoms with Crippen LogP contribution in [-0.2, 0) is 12.7 Å². The van der Waals surface area contributed by atoms with Crippen molar-refractivity contribution in [2.75, 3.05) is 54.4 Å². The molecule has 0 saturated carbocycles. The molecule has 0 unspecified atom stereocenters. The number of hydrogen-bond acceptors (Lipinski definition) is 3. The number of hydrogen-bond donors (Lipinski definition) is 0. The topological polar surface area (TPSA) is 9.72 Å². The minimum absolute atomic E-state index is 0.344. The minimum atomic E-state index is -4.30. The number of benzene rings is 1. The van der Waals surface area contributed by atoms with E-state index in [0.29, 0.717) is 12.1 Å². The van der Waals surface area contributed by atoms with E-state index >= 15 is 0 Å². The van der Waals surface area contributed by atoms with Crippen LogP contribution in [0.25, 0.3) is 0 Å². The molecular formula is C18H30F3N3. The Kier molecular flexibility index (Phi) is 8.73. The second-order valence-corrected chi connectivity index (χ2v) is 6.74. The zero-order valence-corrected chi connectivity index (χ0v) is 15.2. The third-order valence-corrected chi connectivity index (χ3v) is 3.88. The summed E-state index contributed by atoms with van der Waals surface area (Å²) in [6.07, 6.45) is -2.40. The fourth-order valence-electron chi connectivity index (χ4n) is 2.67. The molecule has 0 heterocycles. The zero-order chi connectivity index (χ0) is 18.2. The summed E-state index contributed by atoms with van der Waals surface area (Å²) < 4.78 is 39.5. The summed E-state index contributed by atoms with van der Waals surface area (Å²) in [5.74, 6) is 0. The predicted octanol–water partition coefficient (Wildman–Crippen LogP) is 3.41. The fourth-order valence-corrected chi connectivity index (χ4v) is 2.67. The second-order valence-electron chi connectivity index (χ2n) is 6.74. The van der Waals surface area contributed by atoms with Gasteiger partial charge in [-0.3, -0.25) is 4.90 Å². The van der Waals surface area contributed by atoms with Gasteiger partial charge in [0.15, 0.2) is 0 Å². The van der Waals surface area contributed by atoms with E-state index in [0.717, 1.165) is 39.0 Å². The van der Waals surface area contributed by atoms with E-state index in [-0.39, 0.29) is 0 Å². The van der Waals surface area contributed by atoms with E-state index in [4.69, 9.17) is 0 Å². The van der Waals surface area contributed by atoms with Crippen LogP contribution in [0, 0.1) is 0 Å². The molecule has 1 aromatic carbocycles. The smallest absolute Gasteiger partial charge is 0.309 e. The van der Waals surface area contributed by atoms with E-state index in [1.165, 1.54) is 12.1 Å². The van der Waals surface area contributed by atoms with Crippen molar-refractivity contribution in [3.63, 3.8) is 0 Å². The quantitative estimate of drug-likeness (QED) is 0.643. The van der Waals surface area contributed by atoms with Gasteiger partial charge in [-0.25, -0.2) is 0 Å². The first kappa shape index (κ1) is 20.9. The number of alkyl halides is 3. The van der Waals surface area contributed by atoms with Gasteiger partial charge in [-0.1, -0.05) is 18.2 Å². The molecule has 0 radical (unpaired) electrons. The van der Waals surface area contributed by atoms with Crippen molar-refractivity contribution >= 4 is 0 Å². The van der Waals surface area contributed by atoms with Gasteiger partial charge in [-0.05, 0) is 78.8 Å². The van der Waals surface area contributed by atoms with Gasteiger partial charge in [0, 0.05) is 6.54 Å². The van der Waals surface area contributed by atoms with Crippen LogP contribution in [-0.4, -0.2) is 69.1 Å². The number of rotatable bonds is 10. The average molecular weight is 345 g/mol. The Morgan fingerprint density at radius 3 is 1.75 bits per heavy atom. The lowest BCUT2D eigenvalue weighted by molar-refractivity contribution is -0.138. The standard InChI is InChI=1S/C18H30F3N3/c1-22(2)11-7-13-24(14-8-12-23(3)4)15-16-9-5-6-10-17(16)18(19,20)21/h5-6,9-10H,7-8,11-15H2,1-4H3. The number of nitrogens with zero attached hydrogens (tertiary/aromatic N) is 3. The van der Waals surface area contributed by atoms with Crippen molar-refractivity contribution in [1.82, 2.24) is 14.7 Å². The molecule has 3 nitrogen and oxygen atoms in total. The van der Waals surface area contributed by atoms with Crippen molar-refractivity contribution in [2.24, 2.45) is 0 Å². The van der Waals surface area contributed by atoms with Gasteiger partial charge in [0.05, 0.1) is 5.56 Å². The Morgan fingerprint density at radius 2 is 1.29 bits per heavy atom. The van der Waals surface area contributed by atoms with E-state index in [2.05, 4.69) is 14.7 Å². The van der Waals surface area contributed by atoms with Crippen molar-refractivity contribution in [3.8, 4) is 0 Å². The maximum absolute atomic E-state index is 13.2. The van der Waals surface area contributed by atoms with E-state index in [1.54, 1.807) is 12.1 Å². The summed E-state index contributed by atoms with van der Waals surface area (Å²) in [4.78, 5) is 6.33. The van der Waals surface area contributed by atoms with Gasteiger partial charge >= 0.3 is 6.18 Å². The normalized spacial score (nSPS) is 12.6. The molecule has 0 spiro atoms. The maximum atomic E-state index is 13.2. The van der Waals surface area contributed by atoms with Crippen LogP contribution in [0.3, 0.4) is 0 Å². The molecule has 0 atom stereocenters. The summed E-state index contributed by atoms with van der Waals surface area (Å²) >= 11 is 0. The zero-order valence-electron chi connectivity index (χ0n) is 15.2. The summed E-state index contributed by atoms with van der Waals surface area (Å²) in [6.45, 7) is 3.82. The van der Waals surface area contributed by atoms with Crippen LogP contribution < -0.4 is 0 Å². The highest BCUT2D eigenvalue weighted by atomic mass is 19.4. The minimum Gasteiger partial charge on any atom is -0.309 e. The lowest BCUT2D eigenvalue weighted by atomic mass is 10.1. The highest BCUT2D eigenvalue weighted by molar-refractivity contribution is 5.29. The molecule has 0 bridgehead atoms. The second kappa shape index (κ2) is 10.0. The molecule has 0 aliphatic carbocycles. The molecule has 0 amide bonds. The first-order chi connectivity index (χ1) is 11.2. The van der Waals surface area contributed by atoms with Gasteiger partial charge < -0.3 is 9.80 Å². The molecule has 24 heavy (non-hydrogen) atoms. The third kappa shape index (κ3) is 8.13. The Morgan fingerprint density at radius 1 is 0.792 bits per heavy atom. The van der Waals surface area contributed by atoms with E-state index < -0.39 is 11.7 Å². The molecule has 0 fully saturated rings. The molecule has 1 rings (SSSR count). The summed E-state index contributed by atoms with van der Waals surface area (Å²) in [5.41, 5.74) is -0.157. The van der Waals surface area contributed by atoms with Crippen molar-refractivity contribution < 1.29 is 13.2 Å². The monoisotopic (exact) mass is 345 g/mol. The summed E-state index contributed by atoms with van der Waals surface area (Å²) in [5, 5.41) is 0. The van der Waals surface area contributed by atoms with Crippen molar-refractivity contribution in [2.45, 2.75) is 25.6 Å². The Hall–Kier alpha value is -1.11. The highest BCUT2D eigenvalue weighted by Crippen LogP contribution is 2.32. The highest BCUT2D eigenvalue weighted by Gasteiger charge is 2.33. The lowest BCUT2D eigenvalue weighted by Gasteiger charge is -2.25.